The molecule has 1 fully saturated rings. The normalized spacial score (nSPS) is 24.1. The second kappa shape index (κ2) is 5.75. The molecular formula is C15H20ClNO. The maximum atomic E-state index is 12.0. The number of benzene rings is 1. The van der Waals surface area contributed by atoms with Gasteiger partial charge in [-0.25, -0.2) is 0 Å². The van der Waals surface area contributed by atoms with Gasteiger partial charge in [0, 0.05) is 17.0 Å². The number of carbonyl (C=O) groups is 1. The molecule has 0 radical (unpaired) electrons. The number of halogens is 1. The Morgan fingerprint density at radius 2 is 1.94 bits per heavy atom. The van der Waals surface area contributed by atoms with Crippen LogP contribution in [-0.4, -0.2) is 11.9 Å². The minimum absolute atomic E-state index is 0.187. The molecule has 0 aromatic heterocycles. The van der Waals surface area contributed by atoms with Crippen molar-refractivity contribution in [2.75, 3.05) is 0 Å². The zero-order valence-electron chi connectivity index (χ0n) is 10.9. The highest BCUT2D eigenvalue weighted by Crippen LogP contribution is 2.24. The van der Waals surface area contributed by atoms with Crippen LogP contribution in [0.3, 0.4) is 0 Å². The average molecular weight is 266 g/mol. The van der Waals surface area contributed by atoms with Crippen LogP contribution in [0.2, 0.25) is 5.02 Å². The highest BCUT2D eigenvalue weighted by Gasteiger charge is 2.29. The van der Waals surface area contributed by atoms with Gasteiger partial charge in [0.15, 0.2) is 0 Å². The molecule has 1 saturated heterocycles. The third-order valence-electron chi connectivity index (χ3n) is 3.71. The van der Waals surface area contributed by atoms with Crippen LogP contribution in [0.1, 0.15) is 32.3 Å². The van der Waals surface area contributed by atoms with Gasteiger partial charge >= 0.3 is 0 Å². The molecule has 1 amide bonds. The zero-order valence-corrected chi connectivity index (χ0v) is 11.7. The van der Waals surface area contributed by atoms with Crippen LogP contribution in [0, 0.1) is 11.8 Å². The van der Waals surface area contributed by atoms with Gasteiger partial charge < -0.3 is 5.32 Å². The van der Waals surface area contributed by atoms with E-state index < -0.39 is 0 Å². The Bertz CT molecular complexity index is 413. The van der Waals surface area contributed by atoms with E-state index in [-0.39, 0.29) is 17.9 Å². The second-order valence-electron chi connectivity index (χ2n) is 5.46. The summed E-state index contributed by atoms with van der Waals surface area (Å²) in [6.45, 7) is 4.23. The Labute approximate surface area is 114 Å². The van der Waals surface area contributed by atoms with Gasteiger partial charge in [-0.1, -0.05) is 37.6 Å². The van der Waals surface area contributed by atoms with Gasteiger partial charge in [-0.3, -0.25) is 4.79 Å². The third-order valence-corrected chi connectivity index (χ3v) is 3.96. The molecule has 2 nitrogen and oxygen atoms in total. The van der Waals surface area contributed by atoms with Crippen molar-refractivity contribution in [2.24, 2.45) is 11.8 Å². The summed E-state index contributed by atoms with van der Waals surface area (Å²) in [7, 11) is 0. The first-order valence-electron chi connectivity index (χ1n) is 6.61. The third kappa shape index (κ3) is 3.26. The van der Waals surface area contributed by atoms with Crippen LogP contribution in [-0.2, 0) is 11.2 Å². The lowest BCUT2D eigenvalue weighted by atomic mass is 9.84. The maximum Gasteiger partial charge on any atom is 0.223 e. The van der Waals surface area contributed by atoms with Gasteiger partial charge in [0.05, 0.1) is 0 Å². The van der Waals surface area contributed by atoms with Gasteiger partial charge in [0.25, 0.3) is 0 Å². The molecule has 2 rings (SSSR count). The second-order valence-corrected chi connectivity index (χ2v) is 5.90. The molecule has 1 aromatic carbocycles. The number of hydrogen-bond acceptors (Lipinski definition) is 1. The molecule has 1 N–H and O–H groups in total. The molecule has 1 heterocycles. The molecule has 0 saturated carbocycles. The number of rotatable bonds is 3. The standard InChI is InChI=1S/C15H20ClNO/c1-10(2)14-8-7-13(17-15(14)18)9-11-3-5-12(16)6-4-11/h3-6,10,13-14H,7-9H2,1-2H3,(H,17,18)/t13-,14+/m1/s1. The first-order chi connectivity index (χ1) is 8.56. The molecule has 18 heavy (non-hydrogen) atoms. The monoisotopic (exact) mass is 265 g/mol. The quantitative estimate of drug-likeness (QED) is 0.891. The fourth-order valence-electron chi connectivity index (χ4n) is 2.59. The molecule has 3 heteroatoms. The number of carbonyl (C=O) groups excluding carboxylic acids is 1. The van der Waals surface area contributed by atoms with Crippen molar-refractivity contribution in [3.8, 4) is 0 Å². The van der Waals surface area contributed by atoms with Crippen LogP contribution in [0.5, 0.6) is 0 Å². The first kappa shape index (κ1) is 13.4. The minimum Gasteiger partial charge on any atom is -0.353 e. The molecule has 0 bridgehead atoms. The fraction of sp³-hybridized carbons (Fsp3) is 0.533. The van der Waals surface area contributed by atoms with Gasteiger partial charge in [0.1, 0.15) is 0 Å². The molecule has 0 spiro atoms. The van der Waals surface area contributed by atoms with Crippen LogP contribution < -0.4 is 5.32 Å². The number of piperidine rings is 1. The van der Waals surface area contributed by atoms with Crippen LogP contribution in [0.25, 0.3) is 0 Å². The van der Waals surface area contributed by atoms with Crippen molar-refractivity contribution in [2.45, 2.75) is 39.2 Å². The molecule has 1 aromatic rings. The van der Waals surface area contributed by atoms with E-state index in [2.05, 4.69) is 19.2 Å². The summed E-state index contributed by atoms with van der Waals surface area (Å²) < 4.78 is 0. The minimum atomic E-state index is 0.187. The van der Waals surface area contributed by atoms with E-state index in [1.54, 1.807) is 0 Å². The lowest BCUT2D eigenvalue weighted by Gasteiger charge is -2.31. The molecule has 1 aliphatic heterocycles. The molecule has 0 aliphatic carbocycles. The van der Waals surface area contributed by atoms with E-state index in [0.717, 1.165) is 24.3 Å². The highest BCUT2D eigenvalue weighted by molar-refractivity contribution is 6.30. The van der Waals surface area contributed by atoms with Gasteiger partial charge in [-0.2, -0.15) is 0 Å². The summed E-state index contributed by atoms with van der Waals surface area (Å²) in [5.74, 6) is 0.836. The highest BCUT2D eigenvalue weighted by atomic mass is 35.5. The Morgan fingerprint density at radius 3 is 2.50 bits per heavy atom. The largest absolute Gasteiger partial charge is 0.353 e. The van der Waals surface area contributed by atoms with E-state index in [1.165, 1.54) is 5.56 Å². The van der Waals surface area contributed by atoms with Gasteiger partial charge in [-0.15, -0.1) is 0 Å². The Balaban J connectivity index is 1.93. The van der Waals surface area contributed by atoms with Crippen LogP contribution >= 0.6 is 11.6 Å². The predicted molar refractivity (Wildman–Crippen MR) is 74.6 cm³/mol. The van der Waals surface area contributed by atoms with E-state index in [1.807, 2.05) is 24.3 Å². The molecular weight excluding hydrogens is 246 g/mol. The topological polar surface area (TPSA) is 29.1 Å². The molecule has 2 atom stereocenters. The average Bonchev–Trinajstić information content (AvgIpc) is 2.32. The molecule has 98 valence electrons. The predicted octanol–water partition coefficient (Wildman–Crippen LogP) is 3.43. The van der Waals surface area contributed by atoms with Crippen LogP contribution in [0.15, 0.2) is 24.3 Å². The number of nitrogens with one attached hydrogen (secondary N) is 1. The summed E-state index contributed by atoms with van der Waals surface area (Å²) in [5, 5.41) is 3.89. The van der Waals surface area contributed by atoms with E-state index >= 15 is 0 Å². The summed E-state index contributed by atoms with van der Waals surface area (Å²) >= 11 is 5.86. The SMILES string of the molecule is CC(C)[C@@H]1CC[C@H](Cc2ccc(Cl)cc2)NC1=O. The van der Waals surface area contributed by atoms with Crippen molar-refractivity contribution < 1.29 is 4.79 Å². The Kier molecular flexibility index (Phi) is 4.28. The van der Waals surface area contributed by atoms with Gasteiger partial charge in [0.2, 0.25) is 5.91 Å². The van der Waals surface area contributed by atoms with Gasteiger partial charge in [-0.05, 0) is 42.9 Å². The summed E-state index contributed by atoms with van der Waals surface area (Å²) in [6, 6.07) is 8.14. The van der Waals surface area contributed by atoms with Crippen molar-refractivity contribution >= 4 is 17.5 Å². The maximum absolute atomic E-state index is 12.0. The van der Waals surface area contributed by atoms with Crippen molar-refractivity contribution in [1.29, 1.82) is 0 Å². The summed E-state index contributed by atoms with van der Waals surface area (Å²) in [5.41, 5.74) is 1.23. The Morgan fingerprint density at radius 1 is 1.28 bits per heavy atom. The van der Waals surface area contributed by atoms with Crippen molar-refractivity contribution in [3.05, 3.63) is 34.9 Å². The summed E-state index contributed by atoms with van der Waals surface area (Å²) in [6.07, 6.45) is 2.96. The number of hydrogen-bond donors (Lipinski definition) is 1. The van der Waals surface area contributed by atoms with E-state index in [9.17, 15) is 4.79 Å². The lowest BCUT2D eigenvalue weighted by molar-refractivity contribution is -0.129. The number of amides is 1. The smallest absolute Gasteiger partial charge is 0.223 e. The lowest BCUT2D eigenvalue weighted by Crippen LogP contribution is -2.46. The van der Waals surface area contributed by atoms with Crippen molar-refractivity contribution in [1.82, 2.24) is 5.32 Å². The van der Waals surface area contributed by atoms with Crippen molar-refractivity contribution in [3.63, 3.8) is 0 Å². The zero-order chi connectivity index (χ0) is 13.1. The van der Waals surface area contributed by atoms with E-state index in [0.29, 0.717) is 5.92 Å². The fourth-order valence-corrected chi connectivity index (χ4v) is 2.71. The van der Waals surface area contributed by atoms with E-state index in [4.69, 9.17) is 11.6 Å². The first-order valence-corrected chi connectivity index (χ1v) is 6.99. The van der Waals surface area contributed by atoms with Crippen LogP contribution in [0.4, 0.5) is 0 Å². The molecule has 0 unspecified atom stereocenters. The molecule has 1 aliphatic rings. The Hall–Kier alpha value is -1.02. The summed E-state index contributed by atoms with van der Waals surface area (Å²) in [4.78, 5) is 12.0.